The van der Waals surface area contributed by atoms with Crippen molar-refractivity contribution in [3.63, 3.8) is 0 Å². The van der Waals surface area contributed by atoms with E-state index in [9.17, 15) is 13.6 Å². The Labute approximate surface area is 155 Å². The van der Waals surface area contributed by atoms with Crippen LogP contribution >= 0.6 is 24.7 Å². The molecule has 0 aliphatic carbocycles. The van der Waals surface area contributed by atoms with Crippen LogP contribution in [0.4, 0.5) is 8.78 Å². The maximum Gasteiger partial charge on any atom is 0.311 e. The number of rotatable bonds is 8. The van der Waals surface area contributed by atoms with Crippen LogP contribution in [0, 0.1) is 0 Å². The van der Waals surface area contributed by atoms with E-state index in [0.29, 0.717) is 12.1 Å². The first-order valence-electron chi connectivity index (χ1n) is 7.85. The summed E-state index contributed by atoms with van der Waals surface area (Å²) in [6, 6.07) is 14.0. The van der Waals surface area contributed by atoms with Crippen molar-refractivity contribution >= 4 is 30.6 Å². The molecule has 2 N–H and O–H groups in total. The molecule has 2 rings (SSSR count). The van der Waals surface area contributed by atoms with Gasteiger partial charge in [-0.25, -0.2) is 0 Å². The van der Waals surface area contributed by atoms with Crippen molar-refractivity contribution in [2.24, 2.45) is 0 Å². The van der Waals surface area contributed by atoms with Gasteiger partial charge in [0.25, 0.3) is 5.91 Å². The molecule has 2 aromatic carbocycles. The van der Waals surface area contributed by atoms with Crippen LogP contribution in [-0.4, -0.2) is 17.3 Å². The summed E-state index contributed by atoms with van der Waals surface area (Å²) in [6.45, 7) is 0.527. The van der Waals surface area contributed by atoms with Crippen LogP contribution in [0.15, 0.2) is 53.0 Å². The molecule has 0 bridgehead atoms. The van der Waals surface area contributed by atoms with Gasteiger partial charge >= 0.3 is 5.66 Å². The van der Waals surface area contributed by atoms with E-state index in [0.717, 1.165) is 25.3 Å². The highest BCUT2D eigenvalue weighted by molar-refractivity contribution is 9.10. The van der Waals surface area contributed by atoms with E-state index in [-0.39, 0.29) is 15.9 Å². The molecule has 0 heterocycles. The van der Waals surface area contributed by atoms with Crippen molar-refractivity contribution in [3.8, 4) is 0 Å². The highest BCUT2D eigenvalue weighted by Crippen LogP contribution is 2.45. The lowest BCUT2D eigenvalue weighted by molar-refractivity contribution is 0.0904. The van der Waals surface area contributed by atoms with Crippen LogP contribution in [0.3, 0.4) is 0 Å². The minimum absolute atomic E-state index is 0.107. The quantitative estimate of drug-likeness (QED) is 0.466. The maximum atomic E-state index is 13.5. The third kappa shape index (κ3) is 5.84. The average molecular weight is 430 g/mol. The lowest BCUT2D eigenvalue weighted by Crippen LogP contribution is -2.24. The zero-order valence-electron chi connectivity index (χ0n) is 13.4. The van der Waals surface area contributed by atoms with Gasteiger partial charge in [-0.05, 0) is 37.0 Å². The van der Waals surface area contributed by atoms with Crippen LogP contribution in [0.25, 0.3) is 0 Å². The Hall–Kier alpha value is -1.36. The number of benzene rings is 2. The van der Waals surface area contributed by atoms with Gasteiger partial charge in [0.05, 0.1) is 8.81 Å². The Morgan fingerprint density at radius 1 is 1.16 bits per heavy atom. The molecule has 134 valence electrons. The van der Waals surface area contributed by atoms with Crippen molar-refractivity contribution in [2.75, 3.05) is 6.54 Å². The Morgan fingerprint density at radius 3 is 2.52 bits per heavy atom. The van der Waals surface area contributed by atoms with Gasteiger partial charge in [-0.3, -0.25) is 4.79 Å². The largest absolute Gasteiger partial charge is 0.370 e. The summed E-state index contributed by atoms with van der Waals surface area (Å²) in [5.74, 6) is -0.304. The number of aryl methyl sites for hydroxylation is 1. The number of carbonyl (C=O) groups excluding carboxylic acids is 1. The molecule has 0 aliphatic heterocycles. The fourth-order valence-electron chi connectivity index (χ4n) is 2.37. The topological polar surface area (TPSA) is 49.3 Å². The number of nitrogens with one attached hydrogen (secondary N) is 1. The first kappa shape index (κ1) is 20.0. The van der Waals surface area contributed by atoms with E-state index in [2.05, 4.69) is 33.4 Å². The number of amides is 1. The zero-order valence-corrected chi connectivity index (χ0v) is 16.0. The summed E-state index contributed by atoms with van der Waals surface area (Å²) in [4.78, 5) is 20.9. The predicted octanol–water partition coefficient (Wildman–Crippen LogP) is 4.84. The van der Waals surface area contributed by atoms with E-state index in [1.165, 1.54) is 17.7 Å². The van der Waals surface area contributed by atoms with E-state index in [1.807, 2.05) is 18.2 Å². The number of hydrogen-bond acceptors (Lipinski definition) is 2. The molecule has 0 spiro atoms. The minimum atomic E-state index is -3.31. The van der Waals surface area contributed by atoms with Gasteiger partial charge in [-0.2, -0.15) is 8.78 Å². The summed E-state index contributed by atoms with van der Waals surface area (Å²) in [5.41, 5.74) is -2.08. The molecular formula is C18H19BrF2NO2P. The van der Waals surface area contributed by atoms with Crippen molar-refractivity contribution < 1.29 is 18.5 Å². The first-order chi connectivity index (χ1) is 11.9. The molecule has 7 heteroatoms. The molecule has 2 aromatic rings. The second-order valence-electron chi connectivity index (χ2n) is 5.58. The average Bonchev–Trinajstić information content (AvgIpc) is 2.61. The van der Waals surface area contributed by atoms with E-state index in [4.69, 9.17) is 4.89 Å². The van der Waals surface area contributed by atoms with Crippen molar-refractivity contribution in [1.29, 1.82) is 0 Å². The number of unbranched alkanes of at least 4 members (excludes halogenated alkanes) is 1. The molecule has 1 unspecified atom stereocenters. The molecule has 1 amide bonds. The van der Waals surface area contributed by atoms with Crippen LogP contribution in [0.1, 0.15) is 34.3 Å². The second-order valence-corrected chi connectivity index (χ2v) is 7.29. The van der Waals surface area contributed by atoms with E-state index in [1.54, 1.807) is 0 Å². The summed E-state index contributed by atoms with van der Waals surface area (Å²) >= 11 is 3.04. The number of hydrogen-bond donors (Lipinski definition) is 2. The minimum Gasteiger partial charge on any atom is -0.370 e. The van der Waals surface area contributed by atoms with Gasteiger partial charge in [-0.1, -0.05) is 52.3 Å². The van der Waals surface area contributed by atoms with Gasteiger partial charge in [-0.15, -0.1) is 0 Å². The fraction of sp³-hybridized carbons (Fsp3) is 0.278. The summed E-state index contributed by atoms with van der Waals surface area (Å²) in [5, 5.41) is 2.79. The predicted molar refractivity (Wildman–Crippen MR) is 100 cm³/mol. The highest BCUT2D eigenvalue weighted by atomic mass is 79.9. The van der Waals surface area contributed by atoms with Gasteiger partial charge in [0, 0.05) is 22.1 Å². The Balaban J connectivity index is 1.82. The lowest BCUT2D eigenvalue weighted by Gasteiger charge is -2.15. The van der Waals surface area contributed by atoms with Crippen LogP contribution < -0.4 is 5.32 Å². The number of carbonyl (C=O) groups is 1. The Bertz CT molecular complexity index is 713. The second kappa shape index (κ2) is 9.37. The number of alkyl halides is 2. The van der Waals surface area contributed by atoms with Crippen LogP contribution in [0.2, 0.25) is 0 Å². The van der Waals surface area contributed by atoms with Gasteiger partial charge in [0.15, 0.2) is 0 Å². The van der Waals surface area contributed by atoms with Gasteiger partial charge in [0.2, 0.25) is 0 Å². The van der Waals surface area contributed by atoms with Crippen LogP contribution in [0.5, 0.6) is 0 Å². The molecule has 0 saturated heterocycles. The Kier molecular flexibility index (Phi) is 7.48. The third-order valence-corrected chi connectivity index (χ3v) is 4.94. The van der Waals surface area contributed by atoms with Crippen LogP contribution in [-0.2, 0) is 12.1 Å². The smallest absolute Gasteiger partial charge is 0.311 e. The SMILES string of the molecule is O=C(NCCCCc1ccccc1)c1ccc(C(F)(F)PO)c(Br)c1. The first-order valence-corrected chi connectivity index (χ1v) is 9.59. The monoisotopic (exact) mass is 429 g/mol. The molecule has 0 aliphatic rings. The van der Waals surface area contributed by atoms with Crippen molar-refractivity contribution in [3.05, 3.63) is 69.7 Å². The summed E-state index contributed by atoms with van der Waals surface area (Å²) in [6.07, 6.45) is 2.74. The molecule has 0 saturated carbocycles. The third-order valence-electron chi connectivity index (χ3n) is 3.73. The highest BCUT2D eigenvalue weighted by Gasteiger charge is 2.33. The molecule has 1 atom stereocenters. The number of halogens is 3. The standard InChI is InChI=1S/C18H19BrF2NO2P/c19-16-12-14(9-10-15(16)18(20,21)25-24)17(23)22-11-5-4-8-13-6-2-1-3-7-13/h1-3,6-7,9-10,12,24-25H,4-5,8,11H2,(H,22,23). The maximum absolute atomic E-state index is 13.5. The fourth-order valence-corrected chi connectivity index (χ4v) is 3.52. The molecule has 0 aromatic heterocycles. The molecular weight excluding hydrogens is 411 g/mol. The summed E-state index contributed by atoms with van der Waals surface area (Å²) < 4.78 is 27.2. The van der Waals surface area contributed by atoms with Crippen molar-refractivity contribution in [2.45, 2.75) is 24.9 Å². The molecule has 3 nitrogen and oxygen atoms in total. The van der Waals surface area contributed by atoms with E-state index < -0.39 is 14.5 Å². The van der Waals surface area contributed by atoms with Gasteiger partial charge < -0.3 is 10.2 Å². The Morgan fingerprint density at radius 2 is 1.88 bits per heavy atom. The van der Waals surface area contributed by atoms with Gasteiger partial charge in [0.1, 0.15) is 0 Å². The summed E-state index contributed by atoms with van der Waals surface area (Å²) in [7, 11) is -1.53. The van der Waals surface area contributed by atoms with E-state index >= 15 is 0 Å². The molecule has 0 fully saturated rings. The van der Waals surface area contributed by atoms with Crippen molar-refractivity contribution in [1.82, 2.24) is 5.32 Å². The normalized spacial score (nSPS) is 11.8. The molecule has 0 radical (unpaired) electrons. The lowest BCUT2D eigenvalue weighted by atomic mass is 10.1. The molecule has 25 heavy (non-hydrogen) atoms. The zero-order chi connectivity index (χ0) is 18.3.